The van der Waals surface area contributed by atoms with E-state index in [1.54, 1.807) is 0 Å². The molecule has 1 amide bonds. The molecule has 23 heavy (non-hydrogen) atoms. The van der Waals surface area contributed by atoms with Crippen molar-refractivity contribution in [2.24, 2.45) is 5.14 Å². The van der Waals surface area contributed by atoms with Crippen molar-refractivity contribution in [1.82, 2.24) is 0 Å². The maximum atomic E-state index is 12.4. The Morgan fingerprint density at radius 3 is 2.26 bits per heavy atom. The summed E-state index contributed by atoms with van der Waals surface area (Å²) in [6.07, 6.45) is 0.246. The van der Waals surface area contributed by atoms with Gasteiger partial charge in [0.25, 0.3) is 5.91 Å². The van der Waals surface area contributed by atoms with Crippen LogP contribution in [0.15, 0.2) is 29.2 Å². The molecule has 7 nitrogen and oxygen atoms in total. The van der Waals surface area contributed by atoms with Crippen LogP contribution in [-0.2, 0) is 19.6 Å². The third-order valence-corrected chi connectivity index (χ3v) is 4.95. The number of ether oxygens (including phenoxy) is 1. The first-order valence-electron chi connectivity index (χ1n) is 7.60. The second kappa shape index (κ2) is 6.96. The predicted molar refractivity (Wildman–Crippen MR) is 86.6 cm³/mol. The number of rotatable bonds is 4. The summed E-state index contributed by atoms with van der Waals surface area (Å²) < 4.78 is 28.1. The van der Waals surface area contributed by atoms with Crippen LogP contribution >= 0.6 is 0 Å². The molecule has 1 heterocycles. The van der Waals surface area contributed by atoms with E-state index in [9.17, 15) is 13.2 Å². The minimum absolute atomic E-state index is 0.0185. The fourth-order valence-electron chi connectivity index (χ4n) is 2.83. The zero-order chi connectivity index (χ0) is 17.2. The van der Waals surface area contributed by atoms with Crippen LogP contribution < -0.4 is 15.4 Å². The lowest BCUT2D eigenvalue weighted by Gasteiger charge is -2.35. The van der Waals surface area contributed by atoms with Gasteiger partial charge in [0, 0.05) is 5.69 Å². The molecule has 2 rings (SSSR count). The molecule has 1 saturated heterocycles. The lowest BCUT2D eigenvalue weighted by molar-refractivity contribution is -0.928. The van der Waals surface area contributed by atoms with E-state index in [-0.39, 0.29) is 29.1 Å². The van der Waals surface area contributed by atoms with Gasteiger partial charge in [0.1, 0.15) is 25.3 Å². The average molecular weight is 342 g/mol. The molecule has 1 aliphatic heterocycles. The van der Waals surface area contributed by atoms with Crippen molar-refractivity contribution < 1.29 is 22.8 Å². The Morgan fingerprint density at radius 1 is 1.26 bits per heavy atom. The molecule has 1 fully saturated rings. The lowest BCUT2D eigenvalue weighted by Crippen LogP contribution is -3.19. The van der Waals surface area contributed by atoms with Crippen LogP contribution in [-0.4, -0.2) is 45.7 Å². The summed E-state index contributed by atoms with van der Waals surface area (Å²) in [5, 5.41) is 7.86. The summed E-state index contributed by atoms with van der Waals surface area (Å²) in [5.41, 5.74) is 0.544. The number of carbonyl (C=O) groups excluding carboxylic acids is 1. The highest BCUT2D eigenvalue weighted by atomic mass is 32.2. The van der Waals surface area contributed by atoms with Crippen LogP contribution in [0.25, 0.3) is 0 Å². The van der Waals surface area contributed by atoms with Gasteiger partial charge in [-0.05, 0) is 45.0 Å². The Morgan fingerprint density at radius 2 is 1.78 bits per heavy atom. The second-order valence-electron chi connectivity index (χ2n) is 6.10. The van der Waals surface area contributed by atoms with Crippen molar-refractivity contribution >= 4 is 21.6 Å². The van der Waals surface area contributed by atoms with Crippen molar-refractivity contribution in [1.29, 1.82) is 0 Å². The quantitative estimate of drug-likeness (QED) is 0.677. The van der Waals surface area contributed by atoms with Gasteiger partial charge < -0.3 is 15.0 Å². The molecule has 0 bridgehead atoms. The van der Waals surface area contributed by atoms with Crippen LogP contribution in [0.2, 0.25) is 0 Å². The molecule has 0 spiro atoms. The highest BCUT2D eigenvalue weighted by Crippen LogP contribution is 2.12. The van der Waals surface area contributed by atoms with Crippen LogP contribution in [0.4, 0.5) is 5.69 Å². The van der Waals surface area contributed by atoms with Crippen LogP contribution in [0.3, 0.4) is 0 Å². The molecule has 1 aliphatic rings. The number of benzene rings is 1. The molecule has 0 radical (unpaired) electrons. The summed E-state index contributed by atoms with van der Waals surface area (Å²) in [6, 6.07) is 5.60. The van der Waals surface area contributed by atoms with Gasteiger partial charge in [-0.15, -0.1) is 0 Å². The first kappa shape index (κ1) is 17.9. The summed E-state index contributed by atoms with van der Waals surface area (Å²) in [5.74, 6) is -0.107. The van der Waals surface area contributed by atoms with E-state index in [2.05, 4.69) is 5.32 Å². The zero-order valence-corrected chi connectivity index (χ0v) is 14.4. The smallest absolute Gasteiger partial charge is 0.282 e. The third kappa shape index (κ3) is 4.74. The fraction of sp³-hybridized carbons (Fsp3) is 0.533. The number of nitrogens with one attached hydrogen (secondary N) is 2. The van der Waals surface area contributed by atoms with Crippen LogP contribution in [0.1, 0.15) is 20.8 Å². The largest absolute Gasteiger partial charge is 0.364 e. The molecule has 8 heteroatoms. The summed E-state index contributed by atoms with van der Waals surface area (Å²) in [6.45, 7) is 7.46. The predicted octanol–water partition coefficient (Wildman–Crippen LogP) is -0.647. The first-order chi connectivity index (χ1) is 10.7. The first-order valence-corrected chi connectivity index (χ1v) is 9.15. The number of primary sulfonamides is 1. The molecule has 128 valence electrons. The number of hydrogen-bond donors (Lipinski definition) is 3. The molecule has 0 aromatic heterocycles. The van der Waals surface area contributed by atoms with Gasteiger partial charge in [0.05, 0.1) is 4.90 Å². The van der Waals surface area contributed by atoms with Gasteiger partial charge in [-0.3, -0.25) is 4.79 Å². The number of morpholine rings is 1. The summed E-state index contributed by atoms with van der Waals surface area (Å²) in [4.78, 5) is 13.6. The maximum Gasteiger partial charge on any atom is 0.282 e. The monoisotopic (exact) mass is 342 g/mol. The minimum Gasteiger partial charge on any atom is -0.364 e. The zero-order valence-electron chi connectivity index (χ0n) is 13.6. The van der Waals surface area contributed by atoms with Crippen molar-refractivity contribution in [3.8, 4) is 0 Å². The minimum atomic E-state index is -3.72. The Hall–Kier alpha value is -1.48. The Labute approximate surface area is 136 Å². The van der Waals surface area contributed by atoms with Gasteiger partial charge in [-0.2, -0.15) is 0 Å². The number of amides is 1. The maximum absolute atomic E-state index is 12.4. The third-order valence-electron chi connectivity index (χ3n) is 4.02. The van der Waals surface area contributed by atoms with Gasteiger partial charge in [0.15, 0.2) is 6.04 Å². The molecule has 0 aliphatic carbocycles. The van der Waals surface area contributed by atoms with E-state index in [1.165, 1.54) is 29.2 Å². The van der Waals surface area contributed by atoms with Crippen molar-refractivity contribution in [3.05, 3.63) is 24.3 Å². The standard InChI is InChI=1S/C15H23N3O4S/c1-10-8-18(9-11(2)22-10)12(3)15(19)17-13-4-6-14(7-5-13)23(16,20)21/h4-7,10-12H,8-9H2,1-3H3,(H,17,19)(H2,16,20,21)/p+1/t10-,11-,12+/m1/s1. The van der Waals surface area contributed by atoms with E-state index in [4.69, 9.17) is 9.88 Å². The van der Waals surface area contributed by atoms with Crippen LogP contribution in [0.5, 0.6) is 0 Å². The molecule has 4 N–H and O–H groups in total. The fourth-order valence-corrected chi connectivity index (χ4v) is 3.35. The van der Waals surface area contributed by atoms with E-state index in [0.29, 0.717) is 5.69 Å². The van der Waals surface area contributed by atoms with Gasteiger partial charge in [0.2, 0.25) is 10.0 Å². The summed E-state index contributed by atoms with van der Waals surface area (Å²) >= 11 is 0. The SMILES string of the molecule is C[C@@H]1C[NH+]([C@@H](C)C(=O)Nc2ccc(S(N)(=O)=O)cc2)C[C@@H](C)O1. The van der Waals surface area contributed by atoms with Gasteiger partial charge >= 0.3 is 0 Å². The summed E-state index contributed by atoms with van der Waals surface area (Å²) in [7, 11) is -3.72. The molecule has 0 saturated carbocycles. The van der Waals surface area contributed by atoms with Crippen molar-refractivity contribution in [2.45, 2.75) is 43.9 Å². The highest BCUT2D eigenvalue weighted by molar-refractivity contribution is 7.89. The van der Waals surface area contributed by atoms with Gasteiger partial charge in [-0.25, -0.2) is 13.6 Å². The number of hydrogen-bond acceptors (Lipinski definition) is 4. The molecule has 0 unspecified atom stereocenters. The second-order valence-corrected chi connectivity index (χ2v) is 7.67. The Kier molecular flexibility index (Phi) is 5.41. The number of sulfonamides is 1. The Bertz CT molecular complexity index is 650. The number of anilines is 1. The Balaban J connectivity index is 2.01. The van der Waals surface area contributed by atoms with Crippen molar-refractivity contribution in [2.75, 3.05) is 18.4 Å². The van der Waals surface area contributed by atoms with E-state index in [1.807, 2.05) is 20.8 Å². The molecule has 1 aromatic carbocycles. The lowest BCUT2D eigenvalue weighted by atomic mass is 10.1. The molecular formula is C15H24N3O4S+. The van der Waals surface area contributed by atoms with E-state index >= 15 is 0 Å². The van der Waals surface area contributed by atoms with Gasteiger partial charge in [-0.1, -0.05) is 0 Å². The number of carbonyl (C=O) groups is 1. The van der Waals surface area contributed by atoms with E-state index in [0.717, 1.165) is 13.1 Å². The number of nitrogens with two attached hydrogens (primary N) is 1. The van der Waals surface area contributed by atoms with Crippen LogP contribution in [0, 0.1) is 0 Å². The average Bonchev–Trinajstić information content (AvgIpc) is 2.45. The topological polar surface area (TPSA) is 103 Å². The molecule has 3 atom stereocenters. The normalized spacial score (nSPS) is 26.5. The number of quaternary nitrogens is 1. The van der Waals surface area contributed by atoms with Crippen molar-refractivity contribution in [3.63, 3.8) is 0 Å². The molecule has 1 aromatic rings. The van der Waals surface area contributed by atoms with E-state index < -0.39 is 10.0 Å². The molecular weight excluding hydrogens is 318 g/mol. The highest BCUT2D eigenvalue weighted by Gasteiger charge is 2.32.